The zero-order chi connectivity index (χ0) is 21.2. The number of halogens is 6. The fourth-order valence-corrected chi connectivity index (χ4v) is 3.00. The van der Waals surface area contributed by atoms with E-state index in [4.69, 9.17) is 5.26 Å². The van der Waals surface area contributed by atoms with Crippen molar-refractivity contribution in [2.45, 2.75) is 37.3 Å². The van der Waals surface area contributed by atoms with Crippen LogP contribution in [0.3, 0.4) is 0 Å². The van der Waals surface area contributed by atoms with Crippen LogP contribution in [0.5, 0.6) is 0 Å². The fourth-order valence-electron chi connectivity index (χ4n) is 3.00. The maximum Gasteiger partial charge on any atom is 0.433 e. The summed E-state index contributed by atoms with van der Waals surface area (Å²) in [5, 5.41) is 9.13. The second-order valence-electron chi connectivity index (χ2n) is 6.47. The van der Waals surface area contributed by atoms with Crippen molar-refractivity contribution in [2.75, 3.05) is 0 Å². The number of rotatable bonds is 4. The fraction of sp³-hybridized carbons (Fsp3) is 0.333. The van der Waals surface area contributed by atoms with Gasteiger partial charge in [0.25, 0.3) is 0 Å². The molecule has 1 aromatic heterocycles. The lowest BCUT2D eigenvalue weighted by atomic mass is 9.94. The topological polar surface area (TPSA) is 72.8 Å². The number of aromatic nitrogens is 1. The molecule has 1 fully saturated rings. The number of aryl methyl sites for hydroxylation is 2. The third-order valence-electron chi connectivity index (χ3n) is 4.40. The van der Waals surface area contributed by atoms with E-state index in [-0.39, 0.29) is 29.7 Å². The Kier molecular flexibility index (Phi) is 5.79. The average Bonchev–Trinajstić information content (AvgIpc) is 3.14. The summed E-state index contributed by atoms with van der Waals surface area (Å²) < 4.78 is 78.3. The summed E-state index contributed by atoms with van der Waals surface area (Å²) in [5.41, 5.74) is 6.47. The Morgan fingerprint density at radius 2 is 1.72 bits per heavy atom. The van der Waals surface area contributed by atoms with Gasteiger partial charge in [-0.05, 0) is 48.2 Å². The molecule has 0 spiro atoms. The quantitative estimate of drug-likeness (QED) is 0.668. The molecule has 11 heteroatoms. The largest absolute Gasteiger partial charge is 0.433 e. The van der Waals surface area contributed by atoms with Crippen molar-refractivity contribution in [3.63, 3.8) is 0 Å². The van der Waals surface area contributed by atoms with Crippen LogP contribution in [0, 0.1) is 11.3 Å². The normalized spacial score (nSPS) is 19.9. The molecule has 5 nitrogen and oxygen atoms in total. The van der Waals surface area contributed by atoms with Crippen molar-refractivity contribution in [1.82, 2.24) is 21.4 Å². The van der Waals surface area contributed by atoms with Crippen LogP contribution in [0.15, 0.2) is 36.4 Å². The summed E-state index contributed by atoms with van der Waals surface area (Å²) >= 11 is 0. The SMILES string of the molecule is N#CC1NNNC1c1cc(CCc2cccc(C(F)(F)F)n2)cc(C(F)(F)F)c1. The second kappa shape index (κ2) is 7.98. The van der Waals surface area contributed by atoms with Gasteiger partial charge in [-0.1, -0.05) is 12.1 Å². The van der Waals surface area contributed by atoms with E-state index >= 15 is 0 Å². The summed E-state index contributed by atoms with van der Waals surface area (Å²) in [7, 11) is 0. The van der Waals surface area contributed by atoms with E-state index in [2.05, 4.69) is 21.4 Å². The molecule has 2 unspecified atom stereocenters. The van der Waals surface area contributed by atoms with Gasteiger partial charge >= 0.3 is 12.4 Å². The number of nitrogens with zero attached hydrogens (tertiary/aromatic N) is 2. The van der Waals surface area contributed by atoms with E-state index in [1.54, 1.807) is 0 Å². The minimum atomic E-state index is -4.61. The summed E-state index contributed by atoms with van der Waals surface area (Å²) in [6.07, 6.45) is -9.13. The van der Waals surface area contributed by atoms with Crippen LogP contribution in [-0.2, 0) is 25.2 Å². The molecule has 1 saturated heterocycles. The monoisotopic (exact) mass is 415 g/mol. The number of hydrazine groups is 2. The van der Waals surface area contributed by atoms with E-state index < -0.39 is 35.7 Å². The highest BCUT2D eigenvalue weighted by atomic mass is 19.4. The highest BCUT2D eigenvalue weighted by Crippen LogP contribution is 2.33. The molecule has 0 amide bonds. The molecular formula is C18H15F6N5. The minimum Gasteiger partial charge on any atom is -0.248 e. The van der Waals surface area contributed by atoms with Crippen LogP contribution in [-0.4, -0.2) is 11.0 Å². The molecule has 2 heterocycles. The highest BCUT2D eigenvalue weighted by molar-refractivity contribution is 5.36. The predicted molar refractivity (Wildman–Crippen MR) is 89.6 cm³/mol. The molecule has 1 aliphatic heterocycles. The number of alkyl halides is 6. The van der Waals surface area contributed by atoms with Crippen molar-refractivity contribution >= 4 is 0 Å². The standard InChI is InChI=1S/C18H15F6N5/c19-17(20,21)12-7-10(6-11(8-12)16-14(9-25)27-29-28-16)4-5-13-2-1-3-15(26-13)18(22,23)24/h1-3,6-8,14,16,27-29H,4-5H2. The van der Waals surface area contributed by atoms with E-state index in [1.165, 1.54) is 18.2 Å². The highest BCUT2D eigenvalue weighted by Gasteiger charge is 2.35. The Morgan fingerprint density at radius 3 is 2.38 bits per heavy atom. The number of nitriles is 1. The van der Waals surface area contributed by atoms with Gasteiger partial charge in [0, 0.05) is 5.69 Å². The van der Waals surface area contributed by atoms with Gasteiger partial charge < -0.3 is 0 Å². The molecule has 3 rings (SSSR count). The van der Waals surface area contributed by atoms with Gasteiger partial charge in [-0.25, -0.2) is 15.8 Å². The first-order valence-corrected chi connectivity index (χ1v) is 8.48. The van der Waals surface area contributed by atoms with Crippen LogP contribution in [0.4, 0.5) is 26.3 Å². The van der Waals surface area contributed by atoms with Gasteiger partial charge in [0.2, 0.25) is 0 Å². The predicted octanol–water partition coefficient (Wildman–Crippen LogP) is 3.45. The lowest BCUT2D eigenvalue weighted by molar-refractivity contribution is -0.141. The van der Waals surface area contributed by atoms with Crippen molar-refractivity contribution in [2.24, 2.45) is 0 Å². The molecular weight excluding hydrogens is 400 g/mol. The first-order chi connectivity index (χ1) is 13.6. The van der Waals surface area contributed by atoms with Gasteiger partial charge in [0.05, 0.1) is 17.7 Å². The van der Waals surface area contributed by atoms with Gasteiger partial charge in [-0.3, -0.25) is 0 Å². The Bertz CT molecular complexity index is 918. The number of hydrogen-bond acceptors (Lipinski definition) is 5. The van der Waals surface area contributed by atoms with E-state index in [9.17, 15) is 26.3 Å². The molecule has 0 saturated carbocycles. The summed E-state index contributed by atoms with van der Waals surface area (Å²) in [6, 6.07) is 7.24. The first-order valence-electron chi connectivity index (χ1n) is 8.48. The first kappa shape index (κ1) is 21.0. The zero-order valence-corrected chi connectivity index (χ0v) is 14.7. The molecule has 0 bridgehead atoms. The van der Waals surface area contributed by atoms with Gasteiger partial charge in [-0.15, -0.1) is 0 Å². The van der Waals surface area contributed by atoms with Crippen LogP contribution in [0.25, 0.3) is 0 Å². The van der Waals surface area contributed by atoms with Crippen molar-refractivity contribution in [3.8, 4) is 6.07 Å². The maximum atomic E-state index is 13.3. The van der Waals surface area contributed by atoms with Crippen LogP contribution < -0.4 is 16.4 Å². The van der Waals surface area contributed by atoms with Crippen molar-refractivity contribution in [1.29, 1.82) is 5.26 Å². The molecule has 2 atom stereocenters. The number of pyridine rings is 1. The van der Waals surface area contributed by atoms with Crippen molar-refractivity contribution < 1.29 is 26.3 Å². The summed E-state index contributed by atoms with van der Waals surface area (Å²) in [5.74, 6) is 0. The Balaban J connectivity index is 1.87. The molecule has 0 radical (unpaired) electrons. The number of benzene rings is 1. The Hall–Kier alpha value is -2.68. The molecule has 154 valence electrons. The third kappa shape index (κ3) is 5.03. The maximum absolute atomic E-state index is 13.3. The minimum absolute atomic E-state index is 0.0287. The summed E-state index contributed by atoms with van der Waals surface area (Å²) in [6.45, 7) is 0. The Morgan fingerprint density at radius 1 is 0.966 bits per heavy atom. The smallest absolute Gasteiger partial charge is 0.248 e. The average molecular weight is 415 g/mol. The molecule has 29 heavy (non-hydrogen) atoms. The van der Waals surface area contributed by atoms with Crippen LogP contribution in [0.1, 0.15) is 34.1 Å². The molecule has 1 aromatic carbocycles. The lowest BCUT2D eigenvalue weighted by Gasteiger charge is -2.17. The molecule has 0 aliphatic carbocycles. The number of hydrogen-bond donors (Lipinski definition) is 3. The summed E-state index contributed by atoms with van der Waals surface area (Å²) in [4.78, 5) is 3.53. The van der Waals surface area contributed by atoms with E-state index in [0.717, 1.165) is 18.2 Å². The van der Waals surface area contributed by atoms with E-state index in [0.29, 0.717) is 0 Å². The molecule has 3 N–H and O–H groups in total. The van der Waals surface area contributed by atoms with E-state index in [1.807, 2.05) is 6.07 Å². The zero-order valence-electron chi connectivity index (χ0n) is 14.7. The van der Waals surface area contributed by atoms with Crippen molar-refractivity contribution in [3.05, 3.63) is 64.5 Å². The molecule has 2 aromatic rings. The van der Waals surface area contributed by atoms with Gasteiger partial charge in [0.1, 0.15) is 11.7 Å². The second-order valence-corrected chi connectivity index (χ2v) is 6.47. The van der Waals surface area contributed by atoms with Gasteiger partial charge in [-0.2, -0.15) is 37.1 Å². The lowest BCUT2D eigenvalue weighted by Crippen LogP contribution is -2.32. The third-order valence-corrected chi connectivity index (χ3v) is 4.40. The van der Waals surface area contributed by atoms with Gasteiger partial charge in [0.15, 0.2) is 0 Å². The van der Waals surface area contributed by atoms with Crippen LogP contribution >= 0.6 is 0 Å². The number of nitrogens with one attached hydrogen (secondary N) is 3. The Labute approximate surface area is 161 Å². The van der Waals surface area contributed by atoms with Crippen LogP contribution in [0.2, 0.25) is 0 Å². The molecule has 1 aliphatic rings.